The molecule has 0 radical (unpaired) electrons. The van der Waals surface area contributed by atoms with Crippen molar-refractivity contribution in [2.24, 2.45) is 5.92 Å². The number of ether oxygens (including phenoxy) is 1. The van der Waals surface area contributed by atoms with Crippen LogP contribution in [0.25, 0.3) is 0 Å². The number of nitrogens with one attached hydrogen (secondary N) is 1. The second kappa shape index (κ2) is 9.19. The average Bonchev–Trinajstić information content (AvgIpc) is 3.05. The zero-order valence-electron chi connectivity index (χ0n) is 17.3. The summed E-state index contributed by atoms with van der Waals surface area (Å²) >= 11 is 5.83. The molecule has 0 atom stereocenters. The summed E-state index contributed by atoms with van der Waals surface area (Å²) in [7, 11) is 0. The summed E-state index contributed by atoms with van der Waals surface area (Å²) in [6.07, 6.45) is 3.60. The molecule has 2 aliphatic heterocycles. The number of hydrogen-bond donors (Lipinski definition) is 1. The van der Waals surface area contributed by atoms with E-state index in [-0.39, 0.29) is 0 Å². The van der Waals surface area contributed by atoms with Gasteiger partial charge in [-0.3, -0.25) is 4.57 Å². The van der Waals surface area contributed by atoms with Crippen LogP contribution in [0.3, 0.4) is 0 Å². The first-order valence-corrected chi connectivity index (χ1v) is 10.9. The van der Waals surface area contributed by atoms with Gasteiger partial charge in [-0.05, 0) is 24.2 Å². The molecule has 2 fully saturated rings. The SMILES string of the molecule is CC(C)Cn1c(N2CCOCC2)nn(C[NH+]2CCN(c3ncccn3)CC2)c1=S. The maximum absolute atomic E-state index is 5.83. The lowest BCUT2D eigenvalue weighted by Gasteiger charge is -2.31. The fourth-order valence-corrected chi connectivity index (χ4v) is 4.16. The molecule has 2 aliphatic rings. The summed E-state index contributed by atoms with van der Waals surface area (Å²) in [5.41, 5.74) is 0. The fraction of sp³-hybridized carbons (Fsp3) is 0.684. The van der Waals surface area contributed by atoms with E-state index in [1.54, 1.807) is 12.4 Å². The Hall–Kier alpha value is -2.04. The minimum Gasteiger partial charge on any atom is -0.378 e. The van der Waals surface area contributed by atoms with Crippen LogP contribution in [0.4, 0.5) is 11.9 Å². The first-order valence-electron chi connectivity index (χ1n) is 10.5. The third kappa shape index (κ3) is 4.76. The van der Waals surface area contributed by atoms with Crippen molar-refractivity contribution in [1.82, 2.24) is 24.3 Å². The van der Waals surface area contributed by atoms with Crippen LogP contribution in [0, 0.1) is 10.7 Å². The van der Waals surface area contributed by atoms with Crippen LogP contribution in [0.2, 0.25) is 0 Å². The van der Waals surface area contributed by atoms with Gasteiger partial charge in [0.05, 0.1) is 39.4 Å². The first-order chi connectivity index (χ1) is 14.1. The van der Waals surface area contributed by atoms with Gasteiger partial charge in [-0.15, -0.1) is 5.10 Å². The lowest BCUT2D eigenvalue weighted by Crippen LogP contribution is -3.14. The average molecular weight is 420 g/mol. The van der Waals surface area contributed by atoms with Gasteiger partial charge in [-0.2, -0.15) is 4.68 Å². The van der Waals surface area contributed by atoms with Gasteiger partial charge in [0.15, 0.2) is 6.67 Å². The molecule has 0 saturated carbocycles. The normalized spacial score (nSPS) is 18.6. The first kappa shape index (κ1) is 20.2. The number of piperazine rings is 1. The zero-order valence-corrected chi connectivity index (χ0v) is 18.1. The Morgan fingerprint density at radius 3 is 2.41 bits per heavy atom. The van der Waals surface area contributed by atoms with E-state index in [9.17, 15) is 0 Å². The Labute approximate surface area is 176 Å². The van der Waals surface area contributed by atoms with Gasteiger partial charge >= 0.3 is 0 Å². The largest absolute Gasteiger partial charge is 0.378 e. The maximum Gasteiger partial charge on any atom is 0.226 e. The van der Waals surface area contributed by atoms with E-state index in [0.717, 1.165) is 82.4 Å². The van der Waals surface area contributed by atoms with Crippen molar-refractivity contribution in [2.75, 3.05) is 62.3 Å². The van der Waals surface area contributed by atoms with E-state index in [2.05, 4.69) is 38.2 Å². The smallest absolute Gasteiger partial charge is 0.226 e. The number of hydrogen-bond acceptors (Lipinski definition) is 7. The number of rotatable bonds is 6. The Morgan fingerprint density at radius 1 is 1.07 bits per heavy atom. The van der Waals surface area contributed by atoms with Crippen molar-refractivity contribution in [1.29, 1.82) is 0 Å². The van der Waals surface area contributed by atoms with E-state index >= 15 is 0 Å². The van der Waals surface area contributed by atoms with Crippen molar-refractivity contribution in [3.63, 3.8) is 0 Å². The van der Waals surface area contributed by atoms with E-state index < -0.39 is 0 Å². The van der Waals surface area contributed by atoms with Crippen molar-refractivity contribution >= 4 is 24.1 Å². The molecule has 0 aromatic carbocycles. The topological polar surface area (TPSA) is 68.7 Å². The van der Waals surface area contributed by atoms with Gasteiger partial charge in [0.25, 0.3) is 0 Å². The molecule has 1 N–H and O–H groups in total. The molecule has 2 aromatic heterocycles. The zero-order chi connectivity index (χ0) is 20.2. The van der Waals surface area contributed by atoms with Crippen molar-refractivity contribution < 1.29 is 9.64 Å². The molecule has 29 heavy (non-hydrogen) atoms. The van der Waals surface area contributed by atoms with E-state index in [4.69, 9.17) is 22.1 Å². The third-order valence-electron chi connectivity index (χ3n) is 5.42. The Kier molecular flexibility index (Phi) is 6.41. The van der Waals surface area contributed by atoms with Crippen LogP contribution < -0.4 is 14.7 Å². The molecule has 4 heterocycles. The summed E-state index contributed by atoms with van der Waals surface area (Å²) < 4.78 is 10.6. The predicted octanol–water partition coefficient (Wildman–Crippen LogP) is 0.0593. The summed E-state index contributed by atoms with van der Waals surface area (Å²) in [4.78, 5) is 14.8. The van der Waals surface area contributed by atoms with Crippen LogP contribution in [0.1, 0.15) is 13.8 Å². The molecule has 158 valence electrons. The van der Waals surface area contributed by atoms with Crippen LogP contribution >= 0.6 is 12.2 Å². The lowest BCUT2D eigenvalue weighted by molar-refractivity contribution is -0.924. The van der Waals surface area contributed by atoms with Crippen LogP contribution in [0.5, 0.6) is 0 Å². The second-order valence-electron chi connectivity index (χ2n) is 8.13. The van der Waals surface area contributed by atoms with Crippen LogP contribution in [-0.4, -0.2) is 76.8 Å². The minimum atomic E-state index is 0.515. The third-order valence-corrected chi connectivity index (χ3v) is 5.85. The van der Waals surface area contributed by atoms with Crippen LogP contribution in [0.15, 0.2) is 18.5 Å². The number of morpholine rings is 1. The fourth-order valence-electron chi connectivity index (χ4n) is 3.90. The highest BCUT2D eigenvalue weighted by atomic mass is 32.1. The van der Waals surface area contributed by atoms with Gasteiger partial charge in [-0.1, -0.05) is 13.8 Å². The van der Waals surface area contributed by atoms with E-state index in [1.807, 2.05) is 10.7 Å². The summed E-state index contributed by atoms with van der Waals surface area (Å²) in [6, 6.07) is 1.85. The Morgan fingerprint density at radius 2 is 1.76 bits per heavy atom. The molecular weight excluding hydrogens is 388 g/mol. The second-order valence-corrected chi connectivity index (χ2v) is 8.50. The van der Waals surface area contributed by atoms with Gasteiger partial charge in [0, 0.05) is 32.0 Å². The molecule has 0 amide bonds. The number of nitrogens with zero attached hydrogens (tertiary/aromatic N) is 7. The predicted molar refractivity (Wildman–Crippen MR) is 114 cm³/mol. The van der Waals surface area contributed by atoms with E-state index in [1.165, 1.54) is 4.90 Å². The molecule has 2 aromatic rings. The maximum atomic E-state index is 5.83. The number of aromatic nitrogens is 5. The van der Waals surface area contributed by atoms with Gasteiger partial charge in [-0.25, -0.2) is 9.97 Å². The highest BCUT2D eigenvalue weighted by Gasteiger charge is 2.25. The highest BCUT2D eigenvalue weighted by Crippen LogP contribution is 2.17. The molecule has 0 bridgehead atoms. The van der Waals surface area contributed by atoms with Crippen molar-refractivity contribution in [3.8, 4) is 0 Å². The molecule has 4 rings (SSSR count). The number of quaternary nitrogens is 1. The summed E-state index contributed by atoms with van der Waals surface area (Å²) in [5.74, 6) is 2.32. The molecule has 9 nitrogen and oxygen atoms in total. The van der Waals surface area contributed by atoms with Gasteiger partial charge in [0.2, 0.25) is 16.7 Å². The Balaban J connectivity index is 1.46. The van der Waals surface area contributed by atoms with Gasteiger partial charge < -0.3 is 19.4 Å². The summed E-state index contributed by atoms with van der Waals surface area (Å²) in [6.45, 7) is 13.3. The van der Waals surface area contributed by atoms with E-state index in [0.29, 0.717) is 5.92 Å². The van der Waals surface area contributed by atoms with Crippen molar-refractivity contribution in [3.05, 3.63) is 23.2 Å². The van der Waals surface area contributed by atoms with Crippen LogP contribution in [-0.2, 0) is 18.0 Å². The lowest BCUT2D eigenvalue weighted by atomic mass is 10.2. The Bertz CT molecular complexity index is 838. The van der Waals surface area contributed by atoms with Gasteiger partial charge in [0.1, 0.15) is 0 Å². The molecular formula is C19H31N8OS+. The highest BCUT2D eigenvalue weighted by molar-refractivity contribution is 7.71. The minimum absolute atomic E-state index is 0.515. The molecule has 2 saturated heterocycles. The molecule has 0 unspecified atom stereocenters. The molecule has 0 aliphatic carbocycles. The molecule has 0 spiro atoms. The summed E-state index contributed by atoms with van der Waals surface area (Å²) in [5, 5.41) is 4.94. The number of anilines is 2. The molecule has 10 heteroatoms. The van der Waals surface area contributed by atoms with Crippen molar-refractivity contribution in [2.45, 2.75) is 27.1 Å². The quantitative estimate of drug-likeness (QED) is 0.664. The standard InChI is InChI=1S/C19H30N8OS/c1-16(2)14-26-18(25-10-12-28-13-11-25)22-27(19(26)29)15-23-6-8-24(9-7-23)17-20-4-3-5-21-17/h3-5,16H,6-15H2,1-2H3/p+1. The monoisotopic (exact) mass is 419 g/mol.